The van der Waals surface area contributed by atoms with Gasteiger partial charge in [-0.15, -0.1) is 0 Å². The van der Waals surface area contributed by atoms with Gasteiger partial charge in [0.1, 0.15) is 11.3 Å². The summed E-state index contributed by atoms with van der Waals surface area (Å²) in [5.74, 6) is 0.809. The van der Waals surface area contributed by atoms with E-state index in [0.29, 0.717) is 30.4 Å². The molecule has 0 bridgehead atoms. The van der Waals surface area contributed by atoms with Gasteiger partial charge in [0.25, 0.3) is 0 Å². The smallest absolute Gasteiger partial charge is 0.321 e. The number of carbonyl (C=O) groups is 1. The molecule has 4 aromatic rings. The third-order valence-electron chi connectivity index (χ3n) is 5.18. The maximum absolute atomic E-state index is 13.4. The number of hydrogen-bond acceptors (Lipinski definition) is 4. The summed E-state index contributed by atoms with van der Waals surface area (Å²) in [6.07, 6.45) is 4.08. The van der Waals surface area contributed by atoms with Gasteiger partial charge in [-0.3, -0.25) is 0 Å². The fraction of sp³-hybridized carbons (Fsp3) is 0.190. The number of furan rings is 1. The molecular formula is C21H17ClFN5O2. The fourth-order valence-electron chi connectivity index (χ4n) is 3.77. The van der Waals surface area contributed by atoms with E-state index in [1.54, 1.807) is 17.4 Å². The first-order valence-corrected chi connectivity index (χ1v) is 9.86. The Hall–Kier alpha value is -3.39. The molecule has 7 nitrogen and oxygen atoms in total. The first-order valence-electron chi connectivity index (χ1n) is 9.48. The normalized spacial score (nSPS) is 16.3. The number of likely N-dealkylation sites (tertiary alicyclic amines) is 1. The minimum Gasteiger partial charge on any atom is -0.461 e. The zero-order valence-electron chi connectivity index (χ0n) is 15.8. The van der Waals surface area contributed by atoms with Gasteiger partial charge in [0, 0.05) is 25.0 Å². The van der Waals surface area contributed by atoms with E-state index in [0.717, 1.165) is 17.6 Å². The van der Waals surface area contributed by atoms with Crippen molar-refractivity contribution in [3.8, 4) is 11.6 Å². The SMILES string of the molecule is O=C(Nc1ccc(F)c(Cl)c1)N1CC[C@H](n2c(-c3ccco3)nc3cccnc32)C1. The summed E-state index contributed by atoms with van der Waals surface area (Å²) in [6.45, 7) is 1.05. The number of urea groups is 1. The number of anilines is 1. The second-order valence-corrected chi connectivity index (χ2v) is 7.48. The highest BCUT2D eigenvalue weighted by Crippen LogP contribution is 2.32. The van der Waals surface area contributed by atoms with Gasteiger partial charge in [-0.1, -0.05) is 11.6 Å². The topological polar surface area (TPSA) is 76.2 Å². The first kappa shape index (κ1) is 18.6. The second-order valence-electron chi connectivity index (χ2n) is 7.08. The van der Waals surface area contributed by atoms with Crippen molar-refractivity contribution < 1.29 is 13.6 Å². The monoisotopic (exact) mass is 425 g/mol. The van der Waals surface area contributed by atoms with Crippen molar-refractivity contribution in [1.82, 2.24) is 19.4 Å². The number of aromatic nitrogens is 3. The molecule has 2 amide bonds. The molecule has 1 aliphatic heterocycles. The minimum absolute atomic E-state index is 0.00689. The molecule has 1 N–H and O–H groups in total. The molecule has 0 unspecified atom stereocenters. The lowest BCUT2D eigenvalue weighted by Gasteiger charge is -2.19. The molecule has 9 heteroatoms. The van der Waals surface area contributed by atoms with Gasteiger partial charge in [-0.25, -0.2) is 19.2 Å². The quantitative estimate of drug-likeness (QED) is 0.503. The van der Waals surface area contributed by atoms with Crippen molar-refractivity contribution in [2.75, 3.05) is 18.4 Å². The Morgan fingerprint density at radius 2 is 2.17 bits per heavy atom. The number of nitrogens with one attached hydrogen (secondary N) is 1. The van der Waals surface area contributed by atoms with Crippen LogP contribution in [0.4, 0.5) is 14.9 Å². The third kappa shape index (κ3) is 3.29. The molecule has 1 atom stereocenters. The predicted molar refractivity (Wildman–Crippen MR) is 111 cm³/mol. The molecule has 1 saturated heterocycles. The van der Waals surface area contributed by atoms with Crippen LogP contribution in [0.2, 0.25) is 5.02 Å². The van der Waals surface area contributed by atoms with E-state index >= 15 is 0 Å². The van der Waals surface area contributed by atoms with Crippen molar-refractivity contribution in [3.05, 3.63) is 65.8 Å². The fourth-order valence-corrected chi connectivity index (χ4v) is 3.95. The molecule has 30 heavy (non-hydrogen) atoms. The van der Waals surface area contributed by atoms with Crippen molar-refractivity contribution in [3.63, 3.8) is 0 Å². The Kier molecular flexibility index (Phi) is 4.63. The average molecular weight is 426 g/mol. The van der Waals surface area contributed by atoms with Crippen LogP contribution in [-0.2, 0) is 0 Å². The second kappa shape index (κ2) is 7.46. The first-order chi connectivity index (χ1) is 14.6. The van der Waals surface area contributed by atoms with Crippen LogP contribution in [0.5, 0.6) is 0 Å². The average Bonchev–Trinajstić information content (AvgIpc) is 3.49. The Bertz CT molecular complexity index is 1220. The highest BCUT2D eigenvalue weighted by Gasteiger charge is 2.31. The number of halogens is 2. The Labute approximate surface area is 176 Å². The number of carbonyl (C=O) groups excluding carboxylic acids is 1. The molecule has 3 aromatic heterocycles. The lowest BCUT2D eigenvalue weighted by atomic mass is 10.2. The Morgan fingerprint density at radius 1 is 1.27 bits per heavy atom. The van der Waals surface area contributed by atoms with Gasteiger partial charge in [-0.2, -0.15) is 0 Å². The van der Waals surface area contributed by atoms with Crippen LogP contribution in [0, 0.1) is 5.82 Å². The third-order valence-corrected chi connectivity index (χ3v) is 5.47. The van der Waals surface area contributed by atoms with E-state index in [-0.39, 0.29) is 17.1 Å². The summed E-state index contributed by atoms with van der Waals surface area (Å²) in [5, 5.41) is 2.74. The molecule has 4 heterocycles. The number of hydrogen-bond donors (Lipinski definition) is 1. The Balaban J connectivity index is 1.40. The highest BCUT2D eigenvalue weighted by atomic mass is 35.5. The molecule has 0 spiro atoms. The molecular weight excluding hydrogens is 409 g/mol. The van der Waals surface area contributed by atoms with E-state index in [1.807, 2.05) is 28.8 Å². The lowest BCUT2D eigenvalue weighted by Crippen LogP contribution is -2.33. The largest absolute Gasteiger partial charge is 0.461 e. The molecule has 1 aromatic carbocycles. The molecule has 1 fully saturated rings. The van der Waals surface area contributed by atoms with Crippen LogP contribution >= 0.6 is 11.6 Å². The van der Waals surface area contributed by atoms with Gasteiger partial charge in [0.2, 0.25) is 0 Å². The number of fused-ring (bicyclic) bond motifs is 1. The molecule has 0 saturated carbocycles. The van der Waals surface area contributed by atoms with E-state index in [9.17, 15) is 9.18 Å². The number of nitrogens with zero attached hydrogens (tertiary/aromatic N) is 4. The Morgan fingerprint density at radius 3 is 2.97 bits per heavy atom. The van der Waals surface area contributed by atoms with Crippen molar-refractivity contribution in [2.45, 2.75) is 12.5 Å². The number of imidazole rings is 1. The van der Waals surface area contributed by atoms with Crippen molar-refractivity contribution in [1.29, 1.82) is 0 Å². The standard InChI is InChI=1S/C21H17ClFN5O2/c22-15-11-13(5-6-16(15)23)25-21(29)27-9-7-14(12-27)28-19-17(3-1-8-24-19)26-20(28)18-4-2-10-30-18/h1-6,8,10-11,14H,7,9,12H2,(H,25,29)/t14-/m0/s1. The van der Waals surface area contributed by atoms with E-state index in [4.69, 9.17) is 21.0 Å². The number of rotatable bonds is 3. The van der Waals surface area contributed by atoms with E-state index in [1.165, 1.54) is 18.2 Å². The summed E-state index contributed by atoms with van der Waals surface area (Å²) in [6, 6.07) is 11.2. The van der Waals surface area contributed by atoms with Crippen LogP contribution < -0.4 is 5.32 Å². The van der Waals surface area contributed by atoms with Crippen LogP contribution in [0.3, 0.4) is 0 Å². The summed E-state index contributed by atoms with van der Waals surface area (Å²) in [7, 11) is 0. The molecule has 0 radical (unpaired) electrons. The summed E-state index contributed by atoms with van der Waals surface area (Å²) >= 11 is 5.80. The summed E-state index contributed by atoms with van der Waals surface area (Å²) in [4.78, 5) is 23.6. The minimum atomic E-state index is -0.527. The van der Waals surface area contributed by atoms with E-state index < -0.39 is 5.82 Å². The van der Waals surface area contributed by atoms with Crippen molar-refractivity contribution >= 4 is 34.5 Å². The van der Waals surface area contributed by atoms with Crippen molar-refractivity contribution in [2.24, 2.45) is 0 Å². The maximum atomic E-state index is 13.4. The highest BCUT2D eigenvalue weighted by molar-refractivity contribution is 6.31. The number of benzene rings is 1. The molecule has 152 valence electrons. The van der Waals surface area contributed by atoms with Crippen LogP contribution in [0.1, 0.15) is 12.5 Å². The van der Waals surface area contributed by atoms with Gasteiger partial charge in [0.15, 0.2) is 17.2 Å². The van der Waals surface area contributed by atoms with Gasteiger partial charge >= 0.3 is 6.03 Å². The lowest BCUT2D eigenvalue weighted by molar-refractivity contribution is 0.221. The van der Waals surface area contributed by atoms with Gasteiger partial charge in [-0.05, 0) is 48.9 Å². The van der Waals surface area contributed by atoms with Crippen LogP contribution in [-0.4, -0.2) is 38.6 Å². The van der Waals surface area contributed by atoms with Gasteiger partial charge < -0.3 is 19.2 Å². The summed E-state index contributed by atoms with van der Waals surface area (Å²) < 4.78 is 21.0. The summed E-state index contributed by atoms with van der Waals surface area (Å²) in [5.41, 5.74) is 1.97. The molecule has 5 rings (SSSR count). The van der Waals surface area contributed by atoms with Crippen LogP contribution in [0.15, 0.2) is 59.3 Å². The maximum Gasteiger partial charge on any atom is 0.321 e. The number of amides is 2. The zero-order chi connectivity index (χ0) is 20.7. The molecule has 0 aliphatic carbocycles. The van der Waals surface area contributed by atoms with Crippen LogP contribution in [0.25, 0.3) is 22.7 Å². The zero-order valence-corrected chi connectivity index (χ0v) is 16.5. The molecule has 1 aliphatic rings. The van der Waals surface area contributed by atoms with Gasteiger partial charge in [0.05, 0.1) is 17.3 Å². The van der Waals surface area contributed by atoms with E-state index in [2.05, 4.69) is 10.3 Å². The number of pyridine rings is 1. The predicted octanol–water partition coefficient (Wildman–Crippen LogP) is 4.96.